The van der Waals surface area contributed by atoms with Crippen molar-refractivity contribution in [2.75, 3.05) is 24.3 Å². The van der Waals surface area contributed by atoms with Crippen molar-refractivity contribution in [1.29, 1.82) is 0 Å². The van der Waals surface area contributed by atoms with Crippen LogP contribution in [0.15, 0.2) is 18.2 Å². The first kappa shape index (κ1) is 15.9. The molecule has 0 fully saturated rings. The predicted molar refractivity (Wildman–Crippen MR) is 67.9 cm³/mol. The minimum absolute atomic E-state index is 0.0392. The number of alkyl halides is 4. The third kappa shape index (κ3) is 6.02. The van der Waals surface area contributed by atoms with Crippen molar-refractivity contribution >= 4 is 17.3 Å². The van der Waals surface area contributed by atoms with Crippen LogP contribution in [0.25, 0.3) is 0 Å². The van der Waals surface area contributed by atoms with E-state index in [1.807, 2.05) is 0 Å². The molecular weight excluding hydrogens is 283 g/mol. The zero-order chi connectivity index (χ0) is 14.5. The van der Waals surface area contributed by atoms with Crippen molar-refractivity contribution < 1.29 is 23.0 Å². The molecule has 0 radical (unpaired) electrons. The zero-order valence-corrected chi connectivity index (χ0v) is 11.1. The van der Waals surface area contributed by atoms with Crippen LogP contribution in [0.1, 0.15) is 5.56 Å². The zero-order valence-electron chi connectivity index (χ0n) is 10.3. The van der Waals surface area contributed by atoms with Crippen molar-refractivity contribution in [3.05, 3.63) is 23.8 Å². The van der Waals surface area contributed by atoms with E-state index in [0.29, 0.717) is 5.69 Å². The number of nitrogens with one attached hydrogen (secondary N) is 1. The lowest BCUT2D eigenvalue weighted by Crippen LogP contribution is -2.22. The molecule has 2 N–H and O–H groups in total. The number of anilines is 1. The van der Waals surface area contributed by atoms with Crippen LogP contribution >= 0.6 is 11.6 Å². The van der Waals surface area contributed by atoms with Crippen molar-refractivity contribution in [2.24, 2.45) is 0 Å². The minimum atomic E-state index is -4.39. The highest BCUT2D eigenvalue weighted by molar-refractivity contribution is 6.18. The Morgan fingerprint density at radius 3 is 2.68 bits per heavy atom. The van der Waals surface area contributed by atoms with Gasteiger partial charge in [-0.15, -0.1) is 11.6 Å². The summed E-state index contributed by atoms with van der Waals surface area (Å²) < 4.78 is 41.1. The van der Waals surface area contributed by atoms with Gasteiger partial charge in [0.2, 0.25) is 0 Å². The monoisotopic (exact) mass is 297 g/mol. The van der Waals surface area contributed by atoms with Crippen LogP contribution in [0.3, 0.4) is 0 Å². The summed E-state index contributed by atoms with van der Waals surface area (Å²) in [4.78, 5) is 0. The second-order valence-corrected chi connectivity index (χ2v) is 4.40. The molecule has 1 atom stereocenters. The topological polar surface area (TPSA) is 41.5 Å². The quantitative estimate of drug-likeness (QED) is 0.793. The molecule has 0 amide bonds. The maximum Gasteiger partial charge on any atom is 0.422 e. The van der Waals surface area contributed by atoms with Gasteiger partial charge in [-0.2, -0.15) is 13.2 Å². The molecule has 108 valence electrons. The standard InChI is InChI=1S/C12H15ClF3NO2/c1-8-2-3-11(19-7-12(14,15)16)10(4-8)17-6-9(18)5-13/h2-4,9,17-18H,5-7H2,1H3. The van der Waals surface area contributed by atoms with Gasteiger partial charge in [0.25, 0.3) is 0 Å². The number of halogens is 4. The van der Waals surface area contributed by atoms with Gasteiger partial charge in [-0.1, -0.05) is 6.07 Å². The van der Waals surface area contributed by atoms with E-state index >= 15 is 0 Å². The van der Waals surface area contributed by atoms with Crippen molar-refractivity contribution in [2.45, 2.75) is 19.2 Å². The van der Waals surface area contributed by atoms with Gasteiger partial charge in [0.05, 0.1) is 17.7 Å². The fraction of sp³-hybridized carbons (Fsp3) is 0.500. The highest BCUT2D eigenvalue weighted by Crippen LogP contribution is 2.27. The highest BCUT2D eigenvalue weighted by atomic mass is 35.5. The molecule has 0 aliphatic rings. The van der Waals surface area contributed by atoms with Gasteiger partial charge in [0.1, 0.15) is 5.75 Å². The molecule has 1 rings (SSSR count). The molecule has 7 heteroatoms. The lowest BCUT2D eigenvalue weighted by atomic mass is 10.2. The van der Waals surface area contributed by atoms with Gasteiger partial charge in [-0.25, -0.2) is 0 Å². The van der Waals surface area contributed by atoms with Gasteiger partial charge >= 0.3 is 6.18 Å². The summed E-state index contributed by atoms with van der Waals surface area (Å²) in [6, 6.07) is 4.75. The largest absolute Gasteiger partial charge is 0.482 e. The molecule has 0 aromatic heterocycles. The maximum atomic E-state index is 12.1. The van der Waals surface area contributed by atoms with Crippen LogP contribution in [0, 0.1) is 6.92 Å². The Morgan fingerprint density at radius 1 is 1.42 bits per heavy atom. The van der Waals surface area contributed by atoms with E-state index in [2.05, 4.69) is 5.32 Å². The first-order valence-electron chi connectivity index (χ1n) is 5.60. The van der Waals surface area contributed by atoms with Gasteiger partial charge in [0, 0.05) is 6.54 Å². The first-order valence-corrected chi connectivity index (χ1v) is 6.13. The number of aliphatic hydroxyl groups excluding tert-OH is 1. The molecule has 19 heavy (non-hydrogen) atoms. The molecule has 1 unspecified atom stereocenters. The maximum absolute atomic E-state index is 12.1. The van der Waals surface area contributed by atoms with Crippen LogP contribution in [0.5, 0.6) is 5.75 Å². The minimum Gasteiger partial charge on any atom is -0.482 e. The Bertz CT molecular complexity index is 412. The van der Waals surface area contributed by atoms with Crippen LogP contribution in [0.4, 0.5) is 18.9 Å². The van der Waals surface area contributed by atoms with Crippen LogP contribution in [-0.4, -0.2) is 36.4 Å². The molecule has 0 aliphatic heterocycles. The smallest absolute Gasteiger partial charge is 0.422 e. The lowest BCUT2D eigenvalue weighted by Gasteiger charge is -2.16. The highest BCUT2D eigenvalue weighted by Gasteiger charge is 2.28. The Balaban J connectivity index is 2.74. The summed E-state index contributed by atoms with van der Waals surface area (Å²) in [5.74, 6) is 0.127. The number of hydrogen-bond acceptors (Lipinski definition) is 3. The van der Waals surface area contributed by atoms with Crippen molar-refractivity contribution in [3.8, 4) is 5.75 Å². The summed E-state index contributed by atoms with van der Waals surface area (Å²) in [6.07, 6.45) is -5.17. The average molecular weight is 298 g/mol. The molecule has 0 aliphatic carbocycles. The number of aliphatic hydroxyl groups is 1. The normalized spacial score (nSPS) is 13.2. The van der Waals surface area contributed by atoms with E-state index in [1.165, 1.54) is 6.07 Å². The molecule has 0 saturated carbocycles. The van der Waals surface area contributed by atoms with Crippen molar-refractivity contribution in [3.63, 3.8) is 0 Å². The molecule has 0 saturated heterocycles. The Kier molecular flexibility index (Phi) is 5.75. The average Bonchev–Trinajstić information content (AvgIpc) is 2.33. The molecule has 0 bridgehead atoms. The fourth-order valence-electron chi connectivity index (χ4n) is 1.35. The summed E-state index contributed by atoms with van der Waals surface area (Å²) in [6.45, 7) is 0.578. The Labute approximate surface area is 114 Å². The Morgan fingerprint density at radius 2 is 2.11 bits per heavy atom. The third-order valence-corrected chi connectivity index (χ3v) is 2.59. The van der Waals surface area contributed by atoms with Crippen LogP contribution in [-0.2, 0) is 0 Å². The molecular formula is C12H15ClF3NO2. The second-order valence-electron chi connectivity index (χ2n) is 4.09. The SMILES string of the molecule is Cc1ccc(OCC(F)(F)F)c(NCC(O)CCl)c1. The van der Waals surface area contributed by atoms with E-state index in [4.69, 9.17) is 16.3 Å². The number of aryl methyl sites for hydroxylation is 1. The number of hydrogen-bond donors (Lipinski definition) is 2. The van der Waals surface area contributed by atoms with E-state index in [1.54, 1.807) is 19.1 Å². The van der Waals surface area contributed by atoms with Gasteiger partial charge in [-0.3, -0.25) is 0 Å². The fourth-order valence-corrected chi connectivity index (χ4v) is 1.46. The van der Waals surface area contributed by atoms with Crippen LogP contribution < -0.4 is 10.1 Å². The van der Waals surface area contributed by atoms with Gasteiger partial charge in [-0.05, 0) is 24.6 Å². The van der Waals surface area contributed by atoms with Crippen LogP contribution in [0.2, 0.25) is 0 Å². The number of benzene rings is 1. The molecule has 0 heterocycles. The molecule has 0 spiro atoms. The van der Waals surface area contributed by atoms with E-state index in [0.717, 1.165) is 5.56 Å². The summed E-state index contributed by atoms with van der Waals surface area (Å²) >= 11 is 5.44. The molecule has 1 aromatic rings. The first-order chi connectivity index (χ1) is 8.81. The van der Waals surface area contributed by atoms with E-state index < -0.39 is 18.9 Å². The predicted octanol–water partition coefficient (Wildman–Crippen LogP) is 2.95. The van der Waals surface area contributed by atoms with Crippen molar-refractivity contribution in [1.82, 2.24) is 0 Å². The van der Waals surface area contributed by atoms with Gasteiger partial charge in [0.15, 0.2) is 6.61 Å². The van der Waals surface area contributed by atoms with Gasteiger partial charge < -0.3 is 15.2 Å². The lowest BCUT2D eigenvalue weighted by molar-refractivity contribution is -0.153. The second kappa shape index (κ2) is 6.86. The third-order valence-electron chi connectivity index (χ3n) is 2.23. The number of rotatable bonds is 6. The number of ether oxygens (including phenoxy) is 1. The molecule has 1 aromatic carbocycles. The summed E-state index contributed by atoms with van der Waals surface area (Å²) in [5, 5.41) is 12.1. The summed E-state index contributed by atoms with van der Waals surface area (Å²) in [5.41, 5.74) is 1.26. The Hall–Kier alpha value is -1.14. The molecule has 3 nitrogen and oxygen atoms in total. The van der Waals surface area contributed by atoms with E-state index in [9.17, 15) is 18.3 Å². The van der Waals surface area contributed by atoms with E-state index in [-0.39, 0.29) is 18.2 Å². The summed E-state index contributed by atoms with van der Waals surface area (Å²) in [7, 11) is 0.